The molecule has 0 bridgehead atoms. The fourth-order valence-electron chi connectivity index (χ4n) is 3.19. The van der Waals surface area contributed by atoms with Gasteiger partial charge in [0.15, 0.2) is 0 Å². The summed E-state index contributed by atoms with van der Waals surface area (Å²) in [6, 6.07) is 15.2. The van der Waals surface area contributed by atoms with E-state index < -0.39 is 5.63 Å². The van der Waals surface area contributed by atoms with E-state index in [0.29, 0.717) is 16.8 Å². The number of ether oxygens (including phenoxy) is 1. The standard InChI is InChI=1S/C24H21NO4S/c1-3-16-6-9-20-18(11-23(27)29-21(20)10-16)13-28-22(26)12-19-14-30-24(25-19)17-7-4-15(2)5-8-17/h4-11,14H,3,12-13H2,1-2H3. The van der Waals surface area contributed by atoms with Crippen molar-refractivity contribution in [3.05, 3.63) is 86.7 Å². The van der Waals surface area contributed by atoms with Crippen LogP contribution in [0.5, 0.6) is 0 Å². The monoisotopic (exact) mass is 419 g/mol. The summed E-state index contributed by atoms with van der Waals surface area (Å²) in [6.07, 6.45) is 0.929. The van der Waals surface area contributed by atoms with Gasteiger partial charge in [0, 0.05) is 28.0 Å². The number of carbonyl (C=O) groups excluding carboxylic acids is 1. The quantitative estimate of drug-likeness (QED) is 0.322. The first-order valence-corrected chi connectivity index (χ1v) is 10.6. The highest BCUT2D eigenvalue weighted by molar-refractivity contribution is 7.13. The van der Waals surface area contributed by atoms with E-state index in [1.807, 2.05) is 61.7 Å². The number of aryl methyl sites for hydroxylation is 2. The predicted molar refractivity (Wildman–Crippen MR) is 118 cm³/mol. The van der Waals surface area contributed by atoms with Gasteiger partial charge in [0.05, 0.1) is 12.1 Å². The van der Waals surface area contributed by atoms with Gasteiger partial charge in [-0.25, -0.2) is 9.78 Å². The zero-order valence-corrected chi connectivity index (χ0v) is 17.6. The maximum Gasteiger partial charge on any atom is 0.336 e. The molecule has 2 heterocycles. The lowest BCUT2D eigenvalue weighted by molar-refractivity contribution is -0.144. The van der Waals surface area contributed by atoms with Crippen LogP contribution >= 0.6 is 11.3 Å². The summed E-state index contributed by atoms with van der Waals surface area (Å²) in [5.41, 5.74) is 4.65. The highest BCUT2D eigenvalue weighted by Crippen LogP contribution is 2.24. The molecule has 0 spiro atoms. The number of thiazole rings is 1. The lowest BCUT2D eigenvalue weighted by Crippen LogP contribution is -2.10. The van der Waals surface area contributed by atoms with Crippen molar-refractivity contribution in [1.82, 2.24) is 4.98 Å². The Kier molecular flexibility index (Phi) is 5.77. The van der Waals surface area contributed by atoms with Crippen LogP contribution in [0.25, 0.3) is 21.5 Å². The second-order valence-corrected chi connectivity index (χ2v) is 7.98. The van der Waals surface area contributed by atoms with Crippen molar-refractivity contribution in [3.8, 4) is 10.6 Å². The summed E-state index contributed by atoms with van der Waals surface area (Å²) >= 11 is 1.50. The van der Waals surface area contributed by atoms with Gasteiger partial charge in [0.1, 0.15) is 17.2 Å². The number of esters is 1. The summed E-state index contributed by atoms with van der Waals surface area (Å²) in [6.45, 7) is 4.09. The van der Waals surface area contributed by atoms with Crippen LogP contribution in [-0.2, 0) is 29.0 Å². The molecule has 0 saturated heterocycles. The van der Waals surface area contributed by atoms with Gasteiger partial charge < -0.3 is 9.15 Å². The second kappa shape index (κ2) is 8.63. The first-order valence-electron chi connectivity index (χ1n) is 9.74. The molecular formula is C24H21NO4S. The first kappa shape index (κ1) is 20.0. The van der Waals surface area contributed by atoms with Gasteiger partial charge in [-0.3, -0.25) is 4.79 Å². The summed E-state index contributed by atoms with van der Waals surface area (Å²) in [5.74, 6) is -0.387. The number of fused-ring (bicyclic) bond motifs is 1. The Bertz CT molecular complexity index is 1250. The van der Waals surface area contributed by atoms with E-state index in [2.05, 4.69) is 4.98 Å². The lowest BCUT2D eigenvalue weighted by atomic mass is 10.1. The van der Waals surface area contributed by atoms with Crippen LogP contribution in [0.3, 0.4) is 0 Å². The first-order chi connectivity index (χ1) is 14.5. The molecule has 0 aliphatic carbocycles. The zero-order chi connectivity index (χ0) is 21.1. The molecule has 0 N–H and O–H groups in total. The number of benzene rings is 2. The smallest absolute Gasteiger partial charge is 0.336 e. The Morgan fingerprint density at radius 3 is 2.70 bits per heavy atom. The highest BCUT2D eigenvalue weighted by atomic mass is 32.1. The maximum absolute atomic E-state index is 12.3. The molecule has 0 amide bonds. The Balaban J connectivity index is 1.44. The Hall–Kier alpha value is -3.25. The van der Waals surface area contributed by atoms with Crippen LogP contribution in [0.1, 0.15) is 29.3 Å². The van der Waals surface area contributed by atoms with Crippen molar-refractivity contribution >= 4 is 28.3 Å². The van der Waals surface area contributed by atoms with Crippen LogP contribution in [-0.4, -0.2) is 11.0 Å². The molecule has 5 nitrogen and oxygen atoms in total. The van der Waals surface area contributed by atoms with E-state index in [1.165, 1.54) is 23.0 Å². The van der Waals surface area contributed by atoms with Crippen LogP contribution in [0.15, 0.2) is 63.1 Å². The molecule has 0 aliphatic heterocycles. The average molecular weight is 420 g/mol. The van der Waals surface area contributed by atoms with Gasteiger partial charge in [-0.15, -0.1) is 11.3 Å². The average Bonchev–Trinajstić information content (AvgIpc) is 3.20. The number of aromatic nitrogens is 1. The predicted octanol–water partition coefficient (Wildman–Crippen LogP) is 5.07. The van der Waals surface area contributed by atoms with E-state index in [4.69, 9.17) is 9.15 Å². The minimum atomic E-state index is -0.455. The van der Waals surface area contributed by atoms with Gasteiger partial charge in [-0.2, -0.15) is 0 Å². The topological polar surface area (TPSA) is 69.4 Å². The van der Waals surface area contributed by atoms with E-state index >= 15 is 0 Å². The third-order valence-electron chi connectivity index (χ3n) is 4.87. The lowest BCUT2D eigenvalue weighted by Gasteiger charge is -2.07. The van der Waals surface area contributed by atoms with Crippen molar-refractivity contribution in [3.63, 3.8) is 0 Å². The third kappa shape index (κ3) is 4.49. The van der Waals surface area contributed by atoms with E-state index in [9.17, 15) is 9.59 Å². The molecule has 6 heteroatoms. The van der Waals surface area contributed by atoms with Crippen molar-refractivity contribution in [1.29, 1.82) is 0 Å². The van der Waals surface area contributed by atoms with Gasteiger partial charge in [-0.1, -0.05) is 48.9 Å². The van der Waals surface area contributed by atoms with Crippen molar-refractivity contribution in [2.45, 2.75) is 33.3 Å². The molecule has 4 aromatic rings. The number of hydrogen-bond donors (Lipinski definition) is 0. The SMILES string of the molecule is CCc1ccc2c(COC(=O)Cc3csc(-c4ccc(C)cc4)n3)cc(=O)oc2c1. The Labute approximate surface area is 178 Å². The van der Waals surface area contributed by atoms with Crippen molar-refractivity contribution in [2.24, 2.45) is 0 Å². The minimum Gasteiger partial charge on any atom is -0.460 e. The molecule has 0 radical (unpaired) electrons. The fraction of sp³-hybridized carbons (Fsp3) is 0.208. The zero-order valence-electron chi connectivity index (χ0n) is 16.8. The van der Waals surface area contributed by atoms with Gasteiger partial charge >= 0.3 is 11.6 Å². The fourth-order valence-corrected chi connectivity index (χ4v) is 4.01. The molecule has 0 atom stereocenters. The molecule has 30 heavy (non-hydrogen) atoms. The number of nitrogens with zero attached hydrogens (tertiary/aromatic N) is 1. The van der Waals surface area contributed by atoms with E-state index in [0.717, 1.165) is 27.9 Å². The van der Waals surface area contributed by atoms with Gasteiger partial charge in [-0.05, 0) is 25.0 Å². The molecule has 4 rings (SSSR count). The molecule has 0 aliphatic rings. The molecular weight excluding hydrogens is 398 g/mol. The van der Waals surface area contributed by atoms with Crippen LogP contribution in [0.2, 0.25) is 0 Å². The molecule has 2 aromatic heterocycles. The Morgan fingerprint density at radius 2 is 1.93 bits per heavy atom. The highest BCUT2D eigenvalue weighted by Gasteiger charge is 2.12. The summed E-state index contributed by atoms with van der Waals surface area (Å²) < 4.78 is 10.7. The third-order valence-corrected chi connectivity index (χ3v) is 5.81. The van der Waals surface area contributed by atoms with Crippen molar-refractivity contribution in [2.75, 3.05) is 0 Å². The number of hydrogen-bond acceptors (Lipinski definition) is 6. The van der Waals surface area contributed by atoms with E-state index in [1.54, 1.807) is 0 Å². The second-order valence-electron chi connectivity index (χ2n) is 7.12. The normalized spacial score (nSPS) is 11.0. The van der Waals surface area contributed by atoms with E-state index in [-0.39, 0.29) is 19.0 Å². The largest absolute Gasteiger partial charge is 0.460 e. The number of carbonyl (C=O) groups is 1. The van der Waals surface area contributed by atoms with Crippen LogP contribution < -0.4 is 5.63 Å². The number of rotatable bonds is 6. The summed E-state index contributed by atoms with van der Waals surface area (Å²) in [5, 5.41) is 3.51. The van der Waals surface area contributed by atoms with Crippen LogP contribution in [0.4, 0.5) is 0 Å². The summed E-state index contributed by atoms with van der Waals surface area (Å²) in [7, 11) is 0. The molecule has 0 fully saturated rings. The maximum atomic E-state index is 12.3. The molecule has 2 aromatic carbocycles. The van der Waals surface area contributed by atoms with Crippen molar-refractivity contribution < 1.29 is 13.9 Å². The molecule has 0 unspecified atom stereocenters. The van der Waals surface area contributed by atoms with Gasteiger partial charge in [0.25, 0.3) is 0 Å². The molecule has 152 valence electrons. The summed E-state index contributed by atoms with van der Waals surface area (Å²) in [4.78, 5) is 28.8. The minimum absolute atomic E-state index is 0.0152. The van der Waals surface area contributed by atoms with Gasteiger partial charge in [0.2, 0.25) is 0 Å². The van der Waals surface area contributed by atoms with Crippen LogP contribution in [0, 0.1) is 6.92 Å². The molecule has 0 saturated carbocycles. The Morgan fingerprint density at radius 1 is 1.13 bits per heavy atom.